The fraction of sp³-hybridized carbons (Fsp3) is 0.857. The van der Waals surface area contributed by atoms with Crippen molar-refractivity contribution in [1.82, 2.24) is 0 Å². The summed E-state index contributed by atoms with van der Waals surface area (Å²) in [5.41, 5.74) is -0.815. The van der Waals surface area contributed by atoms with E-state index in [0.717, 1.165) is 0 Å². The second-order valence-corrected chi connectivity index (χ2v) is 4.08. The molecule has 0 heterocycles. The van der Waals surface area contributed by atoms with E-state index < -0.39 is 17.5 Å². The summed E-state index contributed by atoms with van der Waals surface area (Å²) in [5, 5.41) is 17.8. The van der Waals surface area contributed by atoms with E-state index in [2.05, 4.69) is 0 Å². The number of aliphatic hydroxyl groups excluding tert-OH is 1. The average molecular weight is 272 g/mol. The fourth-order valence-corrected chi connectivity index (χ4v) is 1.04. The van der Waals surface area contributed by atoms with Crippen LogP contribution in [0.1, 0.15) is 20.3 Å². The quantitative estimate of drug-likeness (QED) is 0.598. The molecule has 0 saturated carbocycles. The predicted octanol–water partition coefficient (Wildman–Crippen LogP) is 1.28. The summed E-state index contributed by atoms with van der Waals surface area (Å²) in [5.74, 6) is -0.860. The molecule has 0 amide bonds. The molecule has 0 fully saturated rings. The Morgan fingerprint density at radius 1 is 1.64 bits per heavy atom. The molecule has 0 aromatic carbocycles. The molecule has 66 valence electrons. The topological polar surface area (TPSA) is 57.5 Å². The van der Waals surface area contributed by atoms with Crippen LogP contribution in [0.3, 0.4) is 0 Å². The van der Waals surface area contributed by atoms with E-state index >= 15 is 0 Å². The monoisotopic (exact) mass is 272 g/mol. The van der Waals surface area contributed by atoms with Crippen LogP contribution in [0.5, 0.6) is 0 Å². The summed E-state index contributed by atoms with van der Waals surface area (Å²) in [4.78, 5) is 10.6. The summed E-state index contributed by atoms with van der Waals surface area (Å²) in [6.07, 6.45) is -0.202. The molecular weight excluding hydrogens is 259 g/mol. The Hall–Kier alpha value is 0.160. The van der Waals surface area contributed by atoms with Crippen LogP contribution in [-0.2, 0) is 4.79 Å². The van der Waals surface area contributed by atoms with Crippen molar-refractivity contribution >= 4 is 28.6 Å². The molecule has 0 aliphatic rings. The minimum Gasteiger partial charge on any atom is -0.481 e. The fourth-order valence-electron chi connectivity index (χ4n) is 0.731. The first kappa shape index (κ1) is 11.2. The van der Waals surface area contributed by atoms with Crippen molar-refractivity contribution in [2.75, 3.05) is 4.43 Å². The van der Waals surface area contributed by atoms with Gasteiger partial charge in [-0.2, -0.15) is 0 Å². The number of hydrogen-bond acceptors (Lipinski definition) is 2. The molecule has 1 atom stereocenters. The summed E-state index contributed by atoms with van der Waals surface area (Å²) in [7, 11) is 0. The first-order valence-corrected chi connectivity index (χ1v) is 4.90. The zero-order chi connectivity index (χ0) is 9.07. The van der Waals surface area contributed by atoms with E-state index in [1.807, 2.05) is 22.6 Å². The molecule has 0 saturated heterocycles. The third-order valence-corrected chi connectivity index (χ3v) is 2.52. The lowest BCUT2D eigenvalue weighted by Crippen LogP contribution is -2.29. The third kappa shape index (κ3) is 3.91. The van der Waals surface area contributed by atoms with Crippen molar-refractivity contribution in [3.05, 3.63) is 0 Å². The molecule has 0 aliphatic heterocycles. The number of carboxylic acid groups (broad SMARTS) is 1. The second kappa shape index (κ2) is 4.25. The van der Waals surface area contributed by atoms with Gasteiger partial charge in [0.1, 0.15) is 0 Å². The van der Waals surface area contributed by atoms with Gasteiger partial charge in [0.15, 0.2) is 0 Å². The number of hydrogen-bond donors (Lipinski definition) is 2. The van der Waals surface area contributed by atoms with Gasteiger partial charge in [0.05, 0.1) is 11.5 Å². The minimum atomic E-state index is -0.860. The first-order valence-electron chi connectivity index (χ1n) is 3.37. The van der Waals surface area contributed by atoms with Crippen LogP contribution in [0.2, 0.25) is 0 Å². The van der Waals surface area contributed by atoms with Crippen LogP contribution in [0.4, 0.5) is 0 Å². The van der Waals surface area contributed by atoms with Gasteiger partial charge in [-0.1, -0.05) is 22.6 Å². The Morgan fingerprint density at radius 2 is 2.09 bits per heavy atom. The molecular formula is C7H13IO3. The van der Waals surface area contributed by atoms with E-state index in [1.165, 1.54) is 0 Å². The van der Waals surface area contributed by atoms with Gasteiger partial charge in [0.25, 0.3) is 0 Å². The Morgan fingerprint density at radius 3 is 2.36 bits per heavy atom. The standard InChI is InChI=1S/C7H13IO3/c1-7(2,6(10)11)3-5(9)4-8/h5,9H,3-4H2,1-2H3,(H,10,11). The molecule has 1 unspecified atom stereocenters. The second-order valence-electron chi connectivity index (χ2n) is 3.20. The lowest BCUT2D eigenvalue weighted by Gasteiger charge is -2.21. The van der Waals surface area contributed by atoms with Gasteiger partial charge in [-0.3, -0.25) is 4.79 Å². The van der Waals surface area contributed by atoms with Gasteiger partial charge in [0.2, 0.25) is 0 Å². The van der Waals surface area contributed by atoms with Gasteiger partial charge in [-0.25, -0.2) is 0 Å². The van der Waals surface area contributed by atoms with Crippen molar-refractivity contribution in [3.63, 3.8) is 0 Å². The maximum atomic E-state index is 10.6. The first-order chi connectivity index (χ1) is 4.90. The number of aliphatic carboxylic acids is 1. The van der Waals surface area contributed by atoms with E-state index in [1.54, 1.807) is 13.8 Å². The molecule has 0 rings (SSSR count). The molecule has 3 nitrogen and oxygen atoms in total. The highest BCUT2D eigenvalue weighted by molar-refractivity contribution is 14.1. The smallest absolute Gasteiger partial charge is 0.309 e. The maximum Gasteiger partial charge on any atom is 0.309 e. The molecule has 4 heteroatoms. The number of carbonyl (C=O) groups is 1. The van der Waals surface area contributed by atoms with Crippen LogP contribution < -0.4 is 0 Å². The highest BCUT2D eigenvalue weighted by Gasteiger charge is 2.29. The van der Waals surface area contributed by atoms with Crippen molar-refractivity contribution < 1.29 is 15.0 Å². The highest BCUT2D eigenvalue weighted by atomic mass is 127. The van der Waals surface area contributed by atoms with Gasteiger partial charge in [0, 0.05) is 4.43 Å². The molecule has 0 spiro atoms. The normalized spacial score (nSPS) is 14.5. The third-order valence-electron chi connectivity index (χ3n) is 1.50. The Bertz CT molecular complexity index is 145. The molecule has 0 aromatic rings. The van der Waals surface area contributed by atoms with Crippen LogP contribution in [0.25, 0.3) is 0 Å². The minimum absolute atomic E-state index is 0.311. The Labute approximate surface area is 79.9 Å². The number of aliphatic hydroxyl groups is 1. The largest absolute Gasteiger partial charge is 0.481 e. The summed E-state index contributed by atoms with van der Waals surface area (Å²) >= 11 is 2.03. The van der Waals surface area contributed by atoms with Crippen LogP contribution in [-0.4, -0.2) is 26.7 Å². The van der Waals surface area contributed by atoms with Gasteiger partial charge in [-0.05, 0) is 20.3 Å². The number of halogens is 1. The molecule has 0 aromatic heterocycles. The van der Waals surface area contributed by atoms with Crippen LogP contribution >= 0.6 is 22.6 Å². The van der Waals surface area contributed by atoms with E-state index in [-0.39, 0.29) is 0 Å². The van der Waals surface area contributed by atoms with Gasteiger partial charge in [-0.15, -0.1) is 0 Å². The van der Waals surface area contributed by atoms with E-state index in [9.17, 15) is 9.90 Å². The lowest BCUT2D eigenvalue weighted by atomic mass is 9.87. The Kier molecular flexibility index (Phi) is 4.31. The van der Waals surface area contributed by atoms with E-state index in [4.69, 9.17) is 5.11 Å². The van der Waals surface area contributed by atoms with Crippen molar-refractivity contribution in [2.45, 2.75) is 26.4 Å². The summed E-state index contributed by atoms with van der Waals surface area (Å²) in [6, 6.07) is 0. The number of alkyl halides is 1. The summed E-state index contributed by atoms with van der Waals surface area (Å²) in [6.45, 7) is 3.23. The molecule has 2 N–H and O–H groups in total. The highest BCUT2D eigenvalue weighted by Crippen LogP contribution is 2.22. The van der Waals surface area contributed by atoms with E-state index in [0.29, 0.717) is 10.8 Å². The van der Waals surface area contributed by atoms with Crippen molar-refractivity contribution in [2.24, 2.45) is 5.41 Å². The number of carboxylic acids is 1. The maximum absolute atomic E-state index is 10.6. The van der Waals surface area contributed by atoms with Crippen LogP contribution in [0.15, 0.2) is 0 Å². The Balaban J connectivity index is 4.01. The predicted molar refractivity (Wildman–Crippen MR) is 50.9 cm³/mol. The van der Waals surface area contributed by atoms with Gasteiger partial charge >= 0.3 is 5.97 Å². The molecule has 0 bridgehead atoms. The number of rotatable bonds is 4. The molecule has 0 aliphatic carbocycles. The SMILES string of the molecule is CC(C)(CC(O)CI)C(=O)O. The zero-order valence-corrected chi connectivity index (χ0v) is 8.83. The summed E-state index contributed by atoms with van der Waals surface area (Å²) < 4.78 is 0.578. The van der Waals surface area contributed by atoms with Gasteiger partial charge < -0.3 is 10.2 Å². The average Bonchev–Trinajstić information content (AvgIpc) is 1.86. The van der Waals surface area contributed by atoms with Crippen LogP contribution in [0, 0.1) is 5.41 Å². The van der Waals surface area contributed by atoms with Crippen molar-refractivity contribution in [1.29, 1.82) is 0 Å². The molecule has 11 heavy (non-hydrogen) atoms. The lowest BCUT2D eigenvalue weighted by molar-refractivity contribution is -0.148. The molecule has 0 radical (unpaired) electrons. The van der Waals surface area contributed by atoms with Crippen molar-refractivity contribution in [3.8, 4) is 0 Å². The zero-order valence-electron chi connectivity index (χ0n) is 6.67.